The van der Waals surface area contributed by atoms with Crippen LogP contribution in [0.2, 0.25) is 0 Å². The van der Waals surface area contributed by atoms with Gasteiger partial charge in [-0.15, -0.1) is 0 Å². The molecule has 0 saturated heterocycles. The van der Waals surface area contributed by atoms with Gasteiger partial charge in [0.15, 0.2) is 5.96 Å². The number of guanidine groups is 1. The summed E-state index contributed by atoms with van der Waals surface area (Å²) in [6, 6.07) is 6.50. The molecule has 0 bridgehead atoms. The van der Waals surface area contributed by atoms with Gasteiger partial charge in [0.2, 0.25) is 0 Å². The monoisotopic (exact) mass is 348 g/mol. The fourth-order valence-electron chi connectivity index (χ4n) is 3.32. The van der Waals surface area contributed by atoms with Crippen molar-refractivity contribution in [3.63, 3.8) is 0 Å². The van der Waals surface area contributed by atoms with Crippen molar-refractivity contribution in [1.82, 2.24) is 5.32 Å². The van der Waals surface area contributed by atoms with Crippen molar-refractivity contribution in [2.24, 2.45) is 28.5 Å². The van der Waals surface area contributed by atoms with E-state index in [1.807, 2.05) is 6.07 Å². The van der Waals surface area contributed by atoms with Gasteiger partial charge in [0, 0.05) is 18.8 Å². The molecule has 0 heterocycles. The number of benzene rings is 1. The second-order valence-corrected chi connectivity index (χ2v) is 7.57. The highest BCUT2D eigenvalue weighted by molar-refractivity contribution is 5.93. The summed E-state index contributed by atoms with van der Waals surface area (Å²) in [4.78, 5) is 4.77. The molecule has 1 aromatic rings. The lowest BCUT2D eigenvalue weighted by Gasteiger charge is -2.27. The van der Waals surface area contributed by atoms with Crippen LogP contribution in [0, 0.1) is 23.6 Å². The average Bonchev–Trinajstić information content (AvgIpc) is 2.59. The largest absolute Gasteiger partial charge is 0.356 e. The number of aliphatic imine (C=N–C) groups is 1. The Bertz CT molecular complexity index is 544. The number of nitrogens with zero attached hydrogens (tertiary/aromatic N) is 1. The summed E-state index contributed by atoms with van der Waals surface area (Å²) in [6.07, 6.45) is 5.95. The molecular formula is C20H33FN4. The fourth-order valence-corrected chi connectivity index (χ4v) is 3.32. The number of anilines is 1. The third-order valence-electron chi connectivity index (χ3n) is 4.83. The minimum Gasteiger partial charge on any atom is -0.356 e. The molecule has 5 heteroatoms. The van der Waals surface area contributed by atoms with Crippen molar-refractivity contribution >= 4 is 11.6 Å². The first-order valence-corrected chi connectivity index (χ1v) is 9.57. The minimum absolute atomic E-state index is 0.246. The van der Waals surface area contributed by atoms with Crippen molar-refractivity contribution < 1.29 is 4.39 Å². The van der Waals surface area contributed by atoms with Crippen LogP contribution in [0.3, 0.4) is 0 Å². The molecule has 1 aliphatic rings. The van der Waals surface area contributed by atoms with E-state index < -0.39 is 0 Å². The van der Waals surface area contributed by atoms with Crippen molar-refractivity contribution in [2.45, 2.75) is 46.0 Å². The molecule has 2 atom stereocenters. The van der Waals surface area contributed by atoms with Gasteiger partial charge in [-0.2, -0.15) is 0 Å². The van der Waals surface area contributed by atoms with E-state index in [1.165, 1.54) is 37.8 Å². The summed E-state index contributed by atoms with van der Waals surface area (Å²) in [7, 11) is 0. The lowest BCUT2D eigenvalue weighted by Crippen LogP contribution is -2.33. The Balaban J connectivity index is 1.96. The molecule has 1 aliphatic carbocycles. The van der Waals surface area contributed by atoms with E-state index in [9.17, 15) is 4.39 Å². The highest BCUT2D eigenvalue weighted by Gasteiger charge is 2.20. The lowest BCUT2D eigenvalue weighted by molar-refractivity contribution is 0.277. The summed E-state index contributed by atoms with van der Waals surface area (Å²) in [6.45, 7) is 6.83. The molecule has 140 valence electrons. The van der Waals surface area contributed by atoms with Crippen molar-refractivity contribution in [3.8, 4) is 0 Å². The Hall–Kier alpha value is -1.62. The van der Waals surface area contributed by atoms with Crippen LogP contribution in [0.15, 0.2) is 29.3 Å². The highest BCUT2D eigenvalue weighted by atomic mass is 19.1. The third kappa shape index (κ3) is 7.43. The molecule has 1 saturated carbocycles. The van der Waals surface area contributed by atoms with Crippen molar-refractivity contribution in [2.75, 3.05) is 25.0 Å². The van der Waals surface area contributed by atoms with Crippen molar-refractivity contribution in [3.05, 3.63) is 30.1 Å². The standard InChI is InChI=1S/C20H33FN4/c1-15(2)9-10-23-20(25-19-8-4-7-18(21)12-19)24-14-17-6-3-5-16(11-17)13-22/h4,7-8,12,15-17H,3,5-6,9-11,13-14,22H2,1-2H3,(H2,23,24,25). The first-order chi connectivity index (χ1) is 12.1. The second-order valence-electron chi connectivity index (χ2n) is 7.57. The predicted molar refractivity (Wildman–Crippen MR) is 104 cm³/mol. The summed E-state index contributed by atoms with van der Waals surface area (Å²) in [5.41, 5.74) is 6.56. The van der Waals surface area contributed by atoms with Gasteiger partial charge in [-0.1, -0.05) is 26.3 Å². The maximum atomic E-state index is 13.4. The number of halogens is 1. The zero-order valence-corrected chi connectivity index (χ0v) is 15.6. The van der Waals surface area contributed by atoms with Gasteiger partial charge in [-0.05, 0) is 68.2 Å². The summed E-state index contributed by atoms with van der Waals surface area (Å²) in [5.74, 6) is 2.36. The van der Waals surface area contributed by atoms with E-state index in [4.69, 9.17) is 10.7 Å². The molecule has 1 fully saturated rings. The summed E-state index contributed by atoms with van der Waals surface area (Å²) in [5, 5.41) is 6.61. The van der Waals surface area contributed by atoms with E-state index in [0.29, 0.717) is 17.8 Å². The first kappa shape index (κ1) is 19.7. The molecule has 0 aliphatic heterocycles. The van der Waals surface area contributed by atoms with Gasteiger partial charge >= 0.3 is 0 Å². The number of nitrogens with two attached hydrogens (primary N) is 1. The molecule has 0 spiro atoms. The van der Waals surface area contributed by atoms with Gasteiger partial charge in [0.05, 0.1) is 0 Å². The highest BCUT2D eigenvalue weighted by Crippen LogP contribution is 2.28. The summed E-state index contributed by atoms with van der Waals surface area (Å²) < 4.78 is 13.4. The second kappa shape index (κ2) is 10.4. The van der Waals surface area contributed by atoms with Crippen LogP contribution in [-0.4, -0.2) is 25.6 Å². The SMILES string of the molecule is CC(C)CCNC(=NCC1CCCC(CN)C1)Nc1cccc(F)c1. The summed E-state index contributed by atoms with van der Waals surface area (Å²) >= 11 is 0. The third-order valence-corrected chi connectivity index (χ3v) is 4.83. The van der Waals surface area contributed by atoms with Crippen LogP contribution in [0.4, 0.5) is 10.1 Å². The Morgan fingerprint density at radius 1 is 1.32 bits per heavy atom. The maximum Gasteiger partial charge on any atom is 0.195 e. The minimum atomic E-state index is -0.246. The molecule has 0 aromatic heterocycles. The van der Waals surface area contributed by atoms with Gasteiger partial charge in [-0.25, -0.2) is 4.39 Å². The van der Waals surface area contributed by atoms with Gasteiger partial charge < -0.3 is 16.4 Å². The average molecular weight is 349 g/mol. The normalized spacial score (nSPS) is 21.4. The van der Waals surface area contributed by atoms with Crippen molar-refractivity contribution in [1.29, 1.82) is 0 Å². The lowest BCUT2D eigenvalue weighted by atomic mass is 9.81. The molecule has 0 amide bonds. The molecule has 4 nitrogen and oxygen atoms in total. The Labute approximate surface area is 151 Å². The predicted octanol–water partition coefficient (Wildman–Crippen LogP) is 3.99. The van der Waals surface area contributed by atoms with Gasteiger partial charge in [-0.3, -0.25) is 4.99 Å². The van der Waals surface area contributed by atoms with E-state index >= 15 is 0 Å². The molecule has 2 rings (SSSR count). The van der Waals surface area contributed by atoms with Crippen LogP contribution < -0.4 is 16.4 Å². The number of hydrogen-bond acceptors (Lipinski definition) is 2. The van der Waals surface area contributed by atoms with E-state index in [2.05, 4.69) is 24.5 Å². The molecule has 4 N–H and O–H groups in total. The van der Waals surface area contributed by atoms with Crippen LogP contribution in [-0.2, 0) is 0 Å². The molecular weight excluding hydrogens is 315 g/mol. The molecule has 25 heavy (non-hydrogen) atoms. The number of hydrogen-bond donors (Lipinski definition) is 3. The topological polar surface area (TPSA) is 62.4 Å². The van der Waals surface area contributed by atoms with Gasteiger partial charge in [0.1, 0.15) is 5.82 Å². The van der Waals surface area contributed by atoms with Crippen LogP contribution in [0.25, 0.3) is 0 Å². The van der Waals surface area contributed by atoms with Gasteiger partial charge in [0.25, 0.3) is 0 Å². The van der Waals surface area contributed by atoms with Crippen LogP contribution in [0.1, 0.15) is 46.0 Å². The molecule has 1 aromatic carbocycles. The number of nitrogens with one attached hydrogen (secondary N) is 2. The molecule has 0 radical (unpaired) electrons. The quantitative estimate of drug-likeness (QED) is 0.516. The van der Waals surface area contributed by atoms with E-state index in [-0.39, 0.29) is 5.82 Å². The smallest absolute Gasteiger partial charge is 0.195 e. The fraction of sp³-hybridized carbons (Fsp3) is 0.650. The van der Waals surface area contributed by atoms with E-state index in [1.54, 1.807) is 6.07 Å². The Morgan fingerprint density at radius 2 is 2.12 bits per heavy atom. The Kier molecular flexibility index (Phi) is 8.19. The molecule has 2 unspecified atom stereocenters. The Morgan fingerprint density at radius 3 is 2.84 bits per heavy atom. The van der Waals surface area contributed by atoms with Crippen LogP contribution >= 0.6 is 0 Å². The van der Waals surface area contributed by atoms with E-state index in [0.717, 1.165) is 37.7 Å². The zero-order valence-electron chi connectivity index (χ0n) is 15.6. The number of rotatable bonds is 7. The first-order valence-electron chi connectivity index (χ1n) is 9.57. The van der Waals surface area contributed by atoms with Crippen LogP contribution in [0.5, 0.6) is 0 Å². The maximum absolute atomic E-state index is 13.4. The zero-order chi connectivity index (χ0) is 18.1.